The molecule has 0 saturated carbocycles. The quantitative estimate of drug-likeness (QED) is 0.643. The van der Waals surface area contributed by atoms with Crippen molar-refractivity contribution in [3.05, 3.63) is 41.9 Å². The van der Waals surface area contributed by atoms with Crippen molar-refractivity contribution in [3.8, 4) is 0 Å². The Morgan fingerprint density at radius 2 is 2.22 bits per heavy atom. The van der Waals surface area contributed by atoms with Gasteiger partial charge in [-0.1, -0.05) is 0 Å². The van der Waals surface area contributed by atoms with Crippen LogP contribution in [0.4, 0.5) is 0 Å². The summed E-state index contributed by atoms with van der Waals surface area (Å²) in [6.45, 7) is 1.94. The van der Waals surface area contributed by atoms with E-state index in [9.17, 15) is 0 Å². The molecule has 3 rings (SSSR count). The molecule has 0 fully saturated rings. The second-order valence-corrected chi connectivity index (χ2v) is 4.33. The zero-order valence-corrected chi connectivity index (χ0v) is 10.0. The molecule has 0 aliphatic rings. The van der Waals surface area contributed by atoms with Crippen LogP contribution in [0.2, 0.25) is 0 Å². The number of nitrogens with zero attached hydrogens (tertiary/aromatic N) is 3. The molecular formula is C12H14N6. The predicted molar refractivity (Wildman–Crippen MR) is 67.8 cm³/mol. The molecule has 92 valence electrons. The van der Waals surface area contributed by atoms with E-state index in [2.05, 4.69) is 24.9 Å². The van der Waals surface area contributed by atoms with Crippen LogP contribution in [-0.4, -0.2) is 24.9 Å². The van der Waals surface area contributed by atoms with Crippen LogP contribution < -0.4 is 5.73 Å². The van der Waals surface area contributed by atoms with Crippen molar-refractivity contribution < 1.29 is 0 Å². The molecule has 0 radical (unpaired) electrons. The summed E-state index contributed by atoms with van der Waals surface area (Å²) in [7, 11) is 0. The number of nitrogens with two attached hydrogens (primary N) is 1. The lowest BCUT2D eigenvalue weighted by Gasteiger charge is -2.05. The number of aromatic amines is 2. The molecule has 3 aromatic rings. The summed E-state index contributed by atoms with van der Waals surface area (Å²) in [4.78, 5) is 19.0. The first-order valence-corrected chi connectivity index (χ1v) is 5.78. The maximum atomic E-state index is 6.12. The summed E-state index contributed by atoms with van der Waals surface area (Å²) < 4.78 is 0. The van der Waals surface area contributed by atoms with Gasteiger partial charge in [0, 0.05) is 24.0 Å². The number of aryl methyl sites for hydroxylation is 1. The van der Waals surface area contributed by atoms with Gasteiger partial charge in [0.2, 0.25) is 0 Å². The lowest BCUT2D eigenvalue weighted by Crippen LogP contribution is -2.15. The summed E-state index contributed by atoms with van der Waals surface area (Å²) in [5.74, 6) is 0.748. The molecule has 3 heterocycles. The Bertz CT molecular complexity index is 654. The number of pyridine rings is 1. The van der Waals surface area contributed by atoms with Crippen LogP contribution in [0, 0.1) is 6.92 Å². The molecule has 0 aliphatic heterocycles. The van der Waals surface area contributed by atoms with E-state index in [1.807, 2.05) is 19.1 Å². The molecule has 0 aromatic carbocycles. The van der Waals surface area contributed by atoms with Crippen molar-refractivity contribution >= 4 is 11.2 Å². The molecule has 18 heavy (non-hydrogen) atoms. The highest BCUT2D eigenvalue weighted by Crippen LogP contribution is 2.16. The van der Waals surface area contributed by atoms with E-state index in [0.29, 0.717) is 12.1 Å². The van der Waals surface area contributed by atoms with Gasteiger partial charge in [-0.25, -0.2) is 15.0 Å². The number of H-pyrrole nitrogens is 2. The van der Waals surface area contributed by atoms with E-state index >= 15 is 0 Å². The van der Waals surface area contributed by atoms with E-state index in [1.54, 1.807) is 12.5 Å². The fraction of sp³-hybridized carbons (Fsp3) is 0.250. The third-order valence-electron chi connectivity index (χ3n) is 2.85. The molecule has 0 aliphatic carbocycles. The lowest BCUT2D eigenvalue weighted by molar-refractivity contribution is 0.670. The minimum Gasteiger partial charge on any atom is -0.348 e. The molecular weight excluding hydrogens is 228 g/mol. The molecule has 0 bridgehead atoms. The Hall–Kier alpha value is -2.21. The topological polar surface area (TPSA) is 96.3 Å². The summed E-state index contributed by atoms with van der Waals surface area (Å²) >= 11 is 0. The summed E-state index contributed by atoms with van der Waals surface area (Å²) in [6.07, 6.45) is 4.08. The first-order chi connectivity index (χ1) is 8.72. The Kier molecular flexibility index (Phi) is 2.56. The fourth-order valence-electron chi connectivity index (χ4n) is 1.91. The van der Waals surface area contributed by atoms with Crippen LogP contribution in [0.1, 0.15) is 23.3 Å². The Morgan fingerprint density at radius 1 is 1.33 bits per heavy atom. The minimum atomic E-state index is -0.194. The number of hydrogen-bond donors (Lipinski definition) is 3. The highest BCUT2D eigenvalue weighted by Gasteiger charge is 2.13. The van der Waals surface area contributed by atoms with Gasteiger partial charge in [-0.2, -0.15) is 0 Å². The Morgan fingerprint density at radius 3 is 3.00 bits per heavy atom. The van der Waals surface area contributed by atoms with E-state index in [1.165, 1.54) is 0 Å². The van der Waals surface area contributed by atoms with E-state index in [0.717, 1.165) is 22.7 Å². The van der Waals surface area contributed by atoms with Crippen molar-refractivity contribution in [1.82, 2.24) is 24.9 Å². The van der Waals surface area contributed by atoms with E-state index in [4.69, 9.17) is 5.73 Å². The smallest absolute Gasteiger partial charge is 0.178 e. The van der Waals surface area contributed by atoms with E-state index < -0.39 is 0 Å². The van der Waals surface area contributed by atoms with Crippen LogP contribution in [0.25, 0.3) is 11.2 Å². The average Bonchev–Trinajstić information content (AvgIpc) is 2.96. The number of imidazole rings is 2. The number of fused-ring (bicyclic) bond motifs is 1. The van der Waals surface area contributed by atoms with Crippen molar-refractivity contribution in [2.24, 2.45) is 5.73 Å². The molecule has 0 saturated heterocycles. The SMILES string of the molecule is Cc1ccc2[nH]c(C(N)Cc3cnc[nH]3)nc2n1. The average molecular weight is 242 g/mol. The molecule has 6 heteroatoms. The van der Waals surface area contributed by atoms with Gasteiger partial charge < -0.3 is 15.7 Å². The van der Waals surface area contributed by atoms with Gasteiger partial charge in [-0.15, -0.1) is 0 Å². The van der Waals surface area contributed by atoms with Gasteiger partial charge >= 0.3 is 0 Å². The van der Waals surface area contributed by atoms with Crippen LogP contribution in [0.15, 0.2) is 24.7 Å². The van der Waals surface area contributed by atoms with Gasteiger partial charge in [0.1, 0.15) is 5.82 Å². The maximum absolute atomic E-state index is 6.12. The van der Waals surface area contributed by atoms with Crippen molar-refractivity contribution in [2.75, 3.05) is 0 Å². The number of hydrogen-bond acceptors (Lipinski definition) is 4. The first kappa shape index (κ1) is 10.9. The van der Waals surface area contributed by atoms with Gasteiger partial charge in [-0.3, -0.25) is 0 Å². The minimum absolute atomic E-state index is 0.194. The van der Waals surface area contributed by atoms with Crippen LogP contribution >= 0.6 is 0 Å². The second-order valence-electron chi connectivity index (χ2n) is 4.33. The van der Waals surface area contributed by atoms with E-state index in [-0.39, 0.29) is 6.04 Å². The highest BCUT2D eigenvalue weighted by molar-refractivity contribution is 5.70. The van der Waals surface area contributed by atoms with Gasteiger partial charge in [0.05, 0.1) is 17.9 Å². The van der Waals surface area contributed by atoms with Crippen LogP contribution in [0.3, 0.4) is 0 Å². The van der Waals surface area contributed by atoms with Gasteiger partial charge in [0.15, 0.2) is 5.65 Å². The zero-order chi connectivity index (χ0) is 12.5. The van der Waals surface area contributed by atoms with Gasteiger partial charge in [-0.05, 0) is 19.1 Å². The third kappa shape index (κ3) is 1.98. The monoisotopic (exact) mass is 242 g/mol. The molecule has 0 spiro atoms. The number of nitrogens with one attached hydrogen (secondary N) is 2. The summed E-state index contributed by atoms with van der Waals surface area (Å²) in [5, 5.41) is 0. The third-order valence-corrected chi connectivity index (χ3v) is 2.85. The standard InChI is InChI=1S/C12H14N6/c1-7-2-3-10-12(16-7)18-11(17-10)9(13)4-8-5-14-6-15-8/h2-3,5-6,9H,4,13H2,1H3,(H,14,15)(H,16,17,18). The first-order valence-electron chi connectivity index (χ1n) is 5.78. The molecule has 1 unspecified atom stereocenters. The van der Waals surface area contributed by atoms with Crippen molar-refractivity contribution in [3.63, 3.8) is 0 Å². The number of rotatable bonds is 3. The fourth-order valence-corrected chi connectivity index (χ4v) is 1.91. The summed E-state index contributed by atoms with van der Waals surface area (Å²) in [5.41, 5.74) is 9.68. The molecule has 0 amide bonds. The largest absolute Gasteiger partial charge is 0.348 e. The van der Waals surface area contributed by atoms with Crippen LogP contribution in [0.5, 0.6) is 0 Å². The Labute approximate surface area is 104 Å². The maximum Gasteiger partial charge on any atom is 0.178 e. The molecule has 1 atom stereocenters. The van der Waals surface area contributed by atoms with Crippen molar-refractivity contribution in [2.45, 2.75) is 19.4 Å². The predicted octanol–water partition coefficient (Wildman–Crippen LogP) is 1.23. The lowest BCUT2D eigenvalue weighted by atomic mass is 10.2. The van der Waals surface area contributed by atoms with Gasteiger partial charge in [0.25, 0.3) is 0 Å². The second kappa shape index (κ2) is 4.23. The highest BCUT2D eigenvalue weighted by atomic mass is 15.0. The normalized spacial score (nSPS) is 13.0. The zero-order valence-electron chi connectivity index (χ0n) is 10.0. The number of aromatic nitrogens is 5. The van der Waals surface area contributed by atoms with Crippen molar-refractivity contribution in [1.29, 1.82) is 0 Å². The molecule has 3 aromatic heterocycles. The molecule has 4 N–H and O–H groups in total. The molecule has 6 nitrogen and oxygen atoms in total. The summed E-state index contributed by atoms with van der Waals surface area (Å²) in [6, 6.07) is 3.72. The Balaban J connectivity index is 1.89. The van der Waals surface area contributed by atoms with Crippen LogP contribution in [-0.2, 0) is 6.42 Å².